The number of nitrogens with one attached hydrogen (secondary N) is 1. The van der Waals surface area contributed by atoms with Gasteiger partial charge in [-0.3, -0.25) is 4.79 Å². The summed E-state index contributed by atoms with van der Waals surface area (Å²) in [6.07, 6.45) is 0.902. The number of hydrogen-bond acceptors (Lipinski definition) is 3. The largest absolute Gasteiger partial charge is 0.347 e. The number of fused-ring (bicyclic) bond motifs is 1. The summed E-state index contributed by atoms with van der Waals surface area (Å²) in [6, 6.07) is 5.47. The summed E-state index contributed by atoms with van der Waals surface area (Å²) in [4.78, 5) is 12.4. The fourth-order valence-corrected chi connectivity index (χ4v) is 2.93. The number of carbonyl (C=O) groups is 1. The van der Waals surface area contributed by atoms with Gasteiger partial charge in [0.1, 0.15) is 5.52 Å². The van der Waals surface area contributed by atoms with Crippen molar-refractivity contribution in [2.45, 2.75) is 46.6 Å². The zero-order chi connectivity index (χ0) is 15.8. The molecule has 0 saturated carbocycles. The fourth-order valence-electron chi connectivity index (χ4n) is 2.93. The Kier molecular flexibility index (Phi) is 3.78. The van der Waals surface area contributed by atoms with Crippen LogP contribution in [-0.4, -0.2) is 26.4 Å². The van der Waals surface area contributed by atoms with E-state index in [2.05, 4.69) is 50.2 Å². The molecule has 5 heteroatoms. The molecule has 1 amide bonds. The Hall–Kier alpha value is -1.91. The molecule has 1 aromatic heterocycles. The molecule has 0 spiro atoms. The molecule has 0 aliphatic rings. The smallest absolute Gasteiger partial charge is 0.251 e. The summed E-state index contributed by atoms with van der Waals surface area (Å²) in [5, 5.41) is 11.1. The number of hydrogen-bond donors (Lipinski definition) is 1. The van der Waals surface area contributed by atoms with Crippen LogP contribution in [0.1, 0.15) is 51.4 Å². The lowest BCUT2D eigenvalue weighted by Crippen LogP contribution is -2.45. The minimum Gasteiger partial charge on any atom is -0.347 e. The quantitative estimate of drug-likeness (QED) is 0.944. The Balaban J connectivity index is 2.18. The first-order valence-electron chi connectivity index (χ1n) is 7.19. The third-order valence-electron chi connectivity index (χ3n) is 3.30. The maximum Gasteiger partial charge on any atom is 0.251 e. The van der Waals surface area contributed by atoms with Crippen molar-refractivity contribution in [2.24, 2.45) is 12.5 Å². The Morgan fingerprint density at radius 3 is 2.52 bits per heavy atom. The topological polar surface area (TPSA) is 59.8 Å². The van der Waals surface area contributed by atoms with Gasteiger partial charge in [0.15, 0.2) is 0 Å². The van der Waals surface area contributed by atoms with Crippen molar-refractivity contribution in [3.63, 3.8) is 0 Å². The monoisotopic (exact) mass is 288 g/mol. The molecule has 0 aliphatic carbocycles. The minimum atomic E-state index is -0.257. The highest BCUT2D eigenvalue weighted by Crippen LogP contribution is 2.27. The highest BCUT2D eigenvalue weighted by Gasteiger charge is 2.27. The van der Waals surface area contributed by atoms with E-state index in [-0.39, 0.29) is 16.9 Å². The van der Waals surface area contributed by atoms with Crippen molar-refractivity contribution in [3.8, 4) is 0 Å². The van der Waals surface area contributed by atoms with Crippen LogP contribution in [0.15, 0.2) is 18.2 Å². The number of rotatable bonds is 3. The highest BCUT2D eigenvalue weighted by atomic mass is 16.1. The van der Waals surface area contributed by atoms with Gasteiger partial charge in [-0.25, -0.2) is 4.68 Å². The molecular weight excluding hydrogens is 264 g/mol. The summed E-state index contributed by atoms with van der Waals surface area (Å²) in [7, 11) is 1.83. The van der Waals surface area contributed by atoms with Crippen molar-refractivity contribution in [1.29, 1.82) is 0 Å². The molecule has 0 bridgehead atoms. The summed E-state index contributed by atoms with van der Waals surface area (Å²) in [5.74, 6) is -0.0724. The summed E-state index contributed by atoms with van der Waals surface area (Å²) >= 11 is 0. The van der Waals surface area contributed by atoms with E-state index in [1.54, 1.807) is 10.7 Å². The Morgan fingerprint density at radius 2 is 1.90 bits per heavy atom. The lowest BCUT2D eigenvalue weighted by atomic mass is 9.81. The number of amides is 1. The Labute approximate surface area is 125 Å². The second-order valence-corrected chi connectivity index (χ2v) is 7.49. The molecule has 1 aromatic carbocycles. The van der Waals surface area contributed by atoms with Gasteiger partial charge in [-0.2, -0.15) is 0 Å². The van der Waals surface area contributed by atoms with Crippen LogP contribution in [0.3, 0.4) is 0 Å². The number of nitrogens with zero attached hydrogens (tertiary/aromatic N) is 3. The number of benzene rings is 1. The first-order valence-corrected chi connectivity index (χ1v) is 7.19. The molecule has 114 valence electrons. The van der Waals surface area contributed by atoms with E-state index in [1.807, 2.05) is 19.2 Å². The van der Waals surface area contributed by atoms with Gasteiger partial charge < -0.3 is 5.32 Å². The molecule has 0 radical (unpaired) electrons. The van der Waals surface area contributed by atoms with Gasteiger partial charge in [-0.05, 0) is 43.9 Å². The zero-order valence-electron chi connectivity index (χ0n) is 13.7. The van der Waals surface area contributed by atoms with Crippen molar-refractivity contribution in [1.82, 2.24) is 20.3 Å². The first-order chi connectivity index (χ1) is 9.57. The molecule has 1 heterocycles. The Bertz CT molecular complexity index is 664. The van der Waals surface area contributed by atoms with Gasteiger partial charge >= 0.3 is 0 Å². The molecule has 2 aromatic rings. The lowest BCUT2D eigenvalue weighted by Gasteiger charge is -2.33. The van der Waals surface area contributed by atoms with Crippen LogP contribution in [-0.2, 0) is 7.05 Å². The third kappa shape index (κ3) is 3.80. The molecule has 0 aliphatic heterocycles. The number of aryl methyl sites for hydroxylation is 1. The molecule has 5 nitrogen and oxygen atoms in total. The highest BCUT2D eigenvalue weighted by molar-refractivity contribution is 5.97. The van der Waals surface area contributed by atoms with Gasteiger partial charge in [0.2, 0.25) is 0 Å². The zero-order valence-corrected chi connectivity index (χ0v) is 13.7. The summed E-state index contributed by atoms with van der Waals surface area (Å²) in [6.45, 7) is 10.6. The summed E-state index contributed by atoms with van der Waals surface area (Å²) in [5.41, 5.74) is 2.17. The van der Waals surface area contributed by atoms with Crippen LogP contribution in [0, 0.1) is 5.41 Å². The van der Waals surface area contributed by atoms with Gasteiger partial charge in [-0.15, -0.1) is 5.10 Å². The standard InChI is InChI=1S/C16H24N4O/c1-15(2,3)10-16(4,5)17-14(21)11-7-8-13-12(9-11)18-19-20(13)6/h7-9H,10H2,1-6H3,(H,17,21). The first kappa shape index (κ1) is 15.5. The minimum absolute atomic E-state index is 0.0724. The van der Waals surface area contributed by atoms with E-state index in [0.717, 1.165) is 17.5 Å². The molecule has 2 rings (SSSR count). The second-order valence-electron chi connectivity index (χ2n) is 7.49. The van der Waals surface area contributed by atoms with Gasteiger partial charge in [0.25, 0.3) is 5.91 Å². The predicted octanol–water partition coefficient (Wildman–Crippen LogP) is 2.91. The molecule has 21 heavy (non-hydrogen) atoms. The van der Waals surface area contributed by atoms with Crippen LogP contribution in [0.4, 0.5) is 0 Å². The summed E-state index contributed by atoms with van der Waals surface area (Å²) < 4.78 is 1.69. The number of carbonyl (C=O) groups excluding carboxylic acids is 1. The lowest BCUT2D eigenvalue weighted by molar-refractivity contribution is 0.0891. The van der Waals surface area contributed by atoms with E-state index < -0.39 is 0 Å². The third-order valence-corrected chi connectivity index (χ3v) is 3.30. The molecule has 0 fully saturated rings. The van der Waals surface area contributed by atoms with E-state index >= 15 is 0 Å². The van der Waals surface area contributed by atoms with E-state index in [0.29, 0.717) is 5.56 Å². The van der Waals surface area contributed by atoms with Crippen LogP contribution in [0.5, 0.6) is 0 Å². The van der Waals surface area contributed by atoms with Crippen molar-refractivity contribution >= 4 is 16.9 Å². The fraction of sp³-hybridized carbons (Fsp3) is 0.562. The molecule has 0 unspecified atom stereocenters. The van der Waals surface area contributed by atoms with E-state index in [9.17, 15) is 4.79 Å². The maximum absolute atomic E-state index is 12.4. The van der Waals surface area contributed by atoms with Crippen LogP contribution >= 0.6 is 0 Å². The van der Waals surface area contributed by atoms with Crippen LogP contribution in [0.25, 0.3) is 11.0 Å². The molecule has 1 N–H and O–H groups in total. The van der Waals surface area contributed by atoms with E-state index in [1.165, 1.54) is 0 Å². The van der Waals surface area contributed by atoms with Gasteiger partial charge in [0.05, 0.1) is 5.52 Å². The van der Waals surface area contributed by atoms with Crippen molar-refractivity contribution in [3.05, 3.63) is 23.8 Å². The van der Waals surface area contributed by atoms with Crippen molar-refractivity contribution in [2.75, 3.05) is 0 Å². The molecule has 0 saturated heterocycles. The number of aromatic nitrogens is 3. The van der Waals surface area contributed by atoms with Crippen LogP contribution in [0.2, 0.25) is 0 Å². The maximum atomic E-state index is 12.4. The van der Waals surface area contributed by atoms with Gasteiger partial charge in [0, 0.05) is 18.2 Å². The van der Waals surface area contributed by atoms with Gasteiger partial charge in [-0.1, -0.05) is 26.0 Å². The van der Waals surface area contributed by atoms with Crippen LogP contribution < -0.4 is 5.32 Å². The normalized spacial score (nSPS) is 12.7. The van der Waals surface area contributed by atoms with Crippen molar-refractivity contribution < 1.29 is 4.79 Å². The second kappa shape index (κ2) is 5.13. The average Bonchev–Trinajstić information content (AvgIpc) is 2.66. The molecule has 0 atom stereocenters. The SMILES string of the molecule is Cn1nnc2cc(C(=O)NC(C)(C)CC(C)(C)C)ccc21. The Morgan fingerprint density at radius 1 is 1.24 bits per heavy atom. The predicted molar refractivity (Wildman–Crippen MR) is 84.1 cm³/mol. The molecular formula is C16H24N4O. The average molecular weight is 288 g/mol. The van der Waals surface area contributed by atoms with E-state index in [4.69, 9.17) is 0 Å².